The lowest BCUT2D eigenvalue weighted by molar-refractivity contribution is 0.405. The highest BCUT2D eigenvalue weighted by atomic mass is 31.2. The Hall–Kier alpha value is -1.60. The zero-order valence-corrected chi connectivity index (χ0v) is 24.4. The molecule has 0 N–H and O–H groups in total. The van der Waals surface area contributed by atoms with E-state index in [0.29, 0.717) is 11.5 Å². The molecule has 0 amide bonds. The van der Waals surface area contributed by atoms with E-state index in [2.05, 4.69) is 114 Å². The van der Waals surface area contributed by atoms with Crippen molar-refractivity contribution in [3.63, 3.8) is 0 Å². The quantitative estimate of drug-likeness (QED) is 0.345. The number of hydrogen-bond donors (Lipinski definition) is 0. The topological polar surface area (TPSA) is 18.5 Å². The summed E-state index contributed by atoms with van der Waals surface area (Å²) >= 11 is 0. The third kappa shape index (κ3) is 5.30. The molecule has 34 heavy (non-hydrogen) atoms. The minimum Gasteiger partial charge on any atom is -0.414 e. The highest BCUT2D eigenvalue weighted by Gasteiger charge is 2.36. The van der Waals surface area contributed by atoms with Crippen molar-refractivity contribution < 1.29 is 13.2 Å². The van der Waals surface area contributed by atoms with Crippen molar-refractivity contribution in [1.29, 1.82) is 0 Å². The third-order valence-electron chi connectivity index (χ3n) is 6.84. The van der Waals surface area contributed by atoms with Gasteiger partial charge < -0.3 is 9.05 Å². The molecule has 0 saturated heterocycles. The fraction of sp³-hybridized carbons (Fsp3) is 0.600. The first-order valence-corrected chi connectivity index (χ1v) is 13.5. The van der Waals surface area contributed by atoms with Gasteiger partial charge >= 0.3 is 8.69 Å². The molecule has 0 unspecified atom stereocenters. The van der Waals surface area contributed by atoms with Crippen LogP contribution in [0.25, 0.3) is 0 Å². The lowest BCUT2D eigenvalue weighted by Crippen LogP contribution is -2.22. The Morgan fingerprint density at radius 3 is 1.18 bits per heavy atom. The van der Waals surface area contributed by atoms with Gasteiger partial charge in [-0.15, -0.1) is 4.20 Å². The summed E-state index contributed by atoms with van der Waals surface area (Å²) in [6.45, 7) is 28.5. The molecule has 1 aliphatic heterocycles. The van der Waals surface area contributed by atoms with Crippen LogP contribution in [0.15, 0.2) is 24.3 Å². The second-order valence-corrected chi connectivity index (χ2v) is 14.8. The standard InChI is InChI=1S/C30H44FO2P/c1-18-21-14-19(27(2,3)4)16-23(29(8,9)10)25(21)32-34(31)33-26-22(18)15-20(28(5,6)7)17-24(26)30(11,12)13/h14-18H,1-13H3. The molecule has 2 aromatic carbocycles. The molecule has 0 fully saturated rings. The van der Waals surface area contributed by atoms with Gasteiger partial charge in [0.1, 0.15) is 11.5 Å². The number of hydrogen-bond acceptors (Lipinski definition) is 2. The first-order chi connectivity index (χ1) is 15.2. The molecule has 0 aromatic heterocycles. The SMILES string of the molecule is CC1c2cc(C(C)(C)C)cc(C(C)(C)C)c2OP(F)Oc2c1cc(C(C)(C)C)cc2C(C)(C)C. The van der Waals surface area contributed by atoms with Crippen LogP contribution in [0.1, 0.15) is 129 Å². The van der Waals surface area contributed by atoms with E-state index in [1.165, 1.54) is 11.1 Å². The Bertz CT molecular complexity index is 990. The highest BCUT2D eigenvalue weighted by Crippen LogP contribution is 2.55. The molecular weight excluding hydrogens is 442 g/mol. The minimum atomic E-state index is -2.63. The maximum absolute atomic E-state index is 15.5. The summed E-state index contributed by atoms with van der Waals surface area (Å²) in [6, 6.07) is 8.86. The van der Waals surface area contributed by atoms with Crippen LogP contribution < -0.4 is 9.05 Å². The van der Waals surface area contributed by atoms with Crippen LogP contribution in [0, 0.1) is 0 Å². The Labute approximate surface area is 208 Å². The zero-order valence-electron chi connectivity index (χ0n) is 23.5. The van der Waals surface area contributed by atoms with Gasteiger partial charge in [-0.05, 0) is 32.8 Å². The number of rotatable bonds is 0. The van der Waals surface area contributed by atoms with Crippen LogP contribution in [-0.2, 0) is 21.7 Å². The molecule has 0 radical (unpaired) electrons. The number of fused-ring (bicyclic) bond motifs is 2. The summed E-state index contributed by atoms with van der Waals surface area (Å²) in [6.07, 6.45) is 0. The van der Waals surface area contributed by atoms with Crippen LogP contribution in [0.4, 0.5) is 4.20 Å². The maximum Gasteiger partial charge on any atom is 0.505 e. The first kappa shape index (κ1) is 27.0. The molecule has 1 heterocycles. The summed E-state index contributed by atoms with van der Waals surface area (Å²) < 4.78 is 27.6. The summed E-state index contributed by atoms with van der Waals surface area (Å²) in [7, 11) is -2.63. The Balaban J connectivity index is 2.44. The monoisotopic (exact) mass is 486 g/mol. The zero-order chi connectivity index (χ0) is 26.0. The van der Waals surface area contributed by atoms with Gasteiger partial charge in [0.2, 0.25) is 0 Å². The average molecular weight is 487 g/mol. The molecule has 2 aromatic rings. The van der Waals surface area contributed by atoms with E-state index in [1.807, 2.05) is 0 Å². The van der Waals surface area contributed by atoms with Crippen molar-refractivity contribution in [2.24, 2.45) is 0 Å². The molecule has 3 rings (SSSR count). The van der Waals surface area contributed by atoms with E-state index in [0.717, 1.165) is 22.3 Å². The van der Waals surface area contributed by atoms with Crippen LogP contribution >= 0.6 is 8.69 Å². The highest BCUT2D eigenvalue weighted by molar-refractivity contribution is 7.42. The molecule has 188 valence electrons. The second-order valence-electron chi connectivity index (χ2n) is 14.0. The number of benzene rings is 2. The van der Waals surface area contributed by atoms with Gasteiger partial charge in [-0.3, -0.25) is 0 Å². The van der Waals surface area contributed by atoms with E-state index in [1.54, 1.807) is 0 Å². The van der Waals surface area contributed by atoms with E-state index < -0.39 is 8.69 Å². The summed E-state index contributed by atoms with van der Waals surface area (Å²) in [5.41, 5.74) is 6.13. The van der Waals surface area contributed by atoms with Gasteiger partial charge in [0.25, 0.3) is 0 Å². The van der Waals surface area contributed by atoms with Crippen molar-refractivity contribution >= 4 is 8.69 Å². The van der Waals surface area contributed by atoms with Crippen molar-refractivity contribution in [3.05, 3.63) is 57.6 Å². The molecule has 4 heteroatoms. The summed E-state index contributed by atoms with van der Waals surface area (Å²) in [5.74, 6) is 1.27. The third-order valence-corrected chi connectivity index (χ3v) is 7.49. The summed E-state index contributed by atoms with van der Waals surface area (Å²) in [5, 5.41) is 0. The van der Waals surface area contributed by atoms with Crippen molar-refractivity contribution in [1.82, 2.24) is 0 Å². The van der Waals surface area contributed by atoms with Crippen LogP contribution in [-0.4, -0.2) is 0 Å². The van der Waals surface area contributed by atoms with Gasteiger partial charge in [0.15, 0.2) is 0 Å². The predicted molar refractivity (Wildman–Crippen MR) is 144 cm³/mol. The van der Waals surface area contributed by atoms with E-state index in [9.17, 15) is 0 Å². The lowest BCUT2D eigenvalue weighted by Gasteiger charge is -2.35. The molecule has 0 atom stereocenters. The normalized spacial score (nSPS) is 19.4. The Morgan fingerprint density at radius 1 is 0.588 bits per heavy atom. The molecule has 0 bridgehead atoms. The van der Waals surface area contributed by atoms with E-state index in [-0.39, 0.29) is 27.6 Å². The number of halogens is 1. The maximum atomic E-state index is 15.5. The fourth-order valence-electron chi connectivity index (χ4n) is 4.46. The predicted octanol–water partition coefficient (Wildman–Crippen LogP) is 10.00. The van der Waals surface area contributed by atoms with Crippen LogP contribution in [0.2, 0.25) is 0 Å². The summed E-state index contributed by atoms with van der Waals surface area (Å²) in [4.78, 5) is 0. The molecular formula is C30H44FO2P. The molecule has 0 aliphatic carbocycles. The largest absolute Gasteiger partial charge is 0.505 e. The van der Waals surface area contributed by atoms with E-state index >= 15 is 4.20 Å². The second kappa shape index (κ2) is 8.51. The van der Waals surface area contributed by atoms with Crippen LogP contribution in [0.3, 0.4) is 0 Å². The van der Waals surface area contributed by atoms with Gasteiger partial charge in [0, 0.05) is 28.2 Å². The van der Waals surface area contributed by atoms with Gasteiger partial charge in [0.05, 0.1) is 0 Å². The first-order valence-electron chi connectivity index (χ1n) is 12.4. The van der Waals surface area contributed by atoms with Crippen LogP contribution in [0.5, 0.6) is 11.5 Å². The molecule has 0 spiro atoms. The fourth-order valence-corrected chi connectivity index (χ4v) is 5.19. The van der Waals surface area contributed by atoms with Gasteiger partial charge in [-0.2, -0.15) is 0 Å². The Morgan fingerprint density at radius 2 is 0.912 bits per heavy atom. The van der Waals surface area contributed by atoms with Gasteiger partial charge in [-0.25, -0.2) is 0 Å². The molecule has 1 aliphatic rings. The van der Waals surface area contributed by atoms with Gasteiger partial charge in [-0.1, -0.05) is 114 Å². The van der Waals surface area contributed by atoms with E-state index in [4.69, 9.17) is 9.05 Å². The minimum absolute atomic E-state index is 0.0134. The van der Waals surface area contributed by atoms with Crippen molar-refractivity contribution in [2.75, 3.05) is 0 Å². The Kier molecular flexibility index (Phi) is 6.76. The molecule has 2 nitrogen and oxygen atoms in total. The van der Waals surface area contributed by atoms with Crippen molar-refractivity contribution in [2.45, 2.75) is 118 Å². The van der Waals surface area contributed by atoms with Crippen molar-refractivity contribution in [3.8, 4) is 11.5 Å². The average Bonchev–Trinajstić information content (AvgIpc) is 2.63. The lowest BCUT2D eigenvalue weighted by atomic mass is 9.74. The molecule has 0 saturated carbocycles. The smallest absolute Gasteiger partial charge is 0.414 e.